The fourth-order valence-corrected chi connectivity index (χ4v) is 4.51. The van der Waals surface area contributed by atoms with Gasteiger partial charge in [0.15, 0.2) is 0 Å². The zero-order valence-electron chi connectivity index (χ0n) is 14.1. The molecule has 0 bridgehead atoms. The molecule has 0 saturated carbocycles. The molecule has 2 aromatic carbocycles. The summed E-state index contributed by atoms with van der Waals surface area (Å²) in [5.74, 6) is -1.03. The SMILES string of the molecule is NC(=O)C=C(c1ccc(F)cc1)c1ccc(S(=O)(=O)N2CCCC2)cc1. The van der Waals surface area contributed by atoms with Crippen molar-refractivity contribution in [3.63, 3.8) is 0 Å². The molecule has 1 saturated heterocycles. The molecule has 136 valence electrons. The summed E-state index contributed by atoms with van der Waals surface area (Å²) < 4.78 is 39.8. The van der Waals surface area contributed by atoms with Crippen LogP contribution in [0.1, 0.15) is 24.0 Å². The van der Waals surface area contributed by atoms with Gasteiger partial charge in [-0.3, -0.25) is 4.79 Å². The number of benzene rings is 2. The molecule has 2 aromatic rings. The molecule has 1 amide bonds. The Labute approximate surface area is 152 Å². The molecule has 5 nitrogen and oxygen atoms in total. The first-order valence-corrected chi connectivity index (χ1v) is 9.69. The molecule has 0 aliphatic carbocycles. The smallest absolute Gasteiger partial charge is 0.243 e. The molecule has 0 atom stereocenters. The van der Waals surface area contributed by atoms with Crippen molar-refractivity contribution in [3.8, 4) is 0 Å². The quantitative estimate of drug-likeness (QED) is 0.817. The van der Waals surface area contributed by atoms with Crippen molar-refractivity contribution in [1.29, 1.82) is 0 Å². The van der Waals surface area contributed by atoms with E-state index in [9.17, 15) is 17.6 Å². The Morgan fingerprint density at radius 3 is 1.96 bits per heavy atom. The van der Waals surface area contributed by atoms with Crippen molar-refractivity contribution in [2.75, 3.05) is 13.1 Å². The summed E-state index contributed by atoms with van der Waals surface area (Å²) in [6.07, 6.45) is 2.98. The highest BCUT2D eigenvalue weighted by molar-refractivity contribution is 7.89. The Hall–Kier alpha value is -2.51. The molecular formula is C19H19FN2O3S. The molecule has 0 aromatic heterocycles. The van der Waals surface area contributed by atoms with Crippen molar-refractivity contribution < 1.29 is 17.6 Å². The van der Waals surface area contributed by atoms with E-state index < -0.39 is 15.9 Å². The molecule has 0 unspecified atom stereocenters. The number of primary amides is 1. The highest BCUT2D eigenvalue weighted by Gasteiger charge is 2.27. The van der Waals surface area contributed by atoms with Crippen molar-refractivity contribution in [3.05, 3.63) is 71.6 Å². The van der Waals surface area contributed by atoms with Gasteiger partial charge in [0.1, 0.15) is 5.82 Å². The molecule has 2 N–H and O–H groups in total. The van der Waals surface area contributed by atoms with Gasteiger partial charge in [0.2, 0.25) is 15.9 Å². The Balaban J connectivity index is 1.96. The van der Waals surface area contributed by atoms with Gasteiger partial charge >= 0.3 is 0 Å². The largest absolute Gasteiger partial charge is 0.366 e. The van der Waals surface area contributed by atoms with Crippen LogP contribution in [0.3, 0.4) is 0 Å². The second kappa shape index (κ2) is 7.39. The van der Waals surface area contributed by atoms with Crippen LogP contribution in [-0.4, -0.2) is 31.7 Å². The maximum absolute atomic E-state index is 13.2. The van der Waals surface area contributed by atoms with E-state index >= 15 is 0 Å². The first-order valence-electron chi connectivity index (χ1n) is 8.25. The molecule has 3 rings (SSSR count). The van der Waals surface area contributed by atoms with E-state index in [1.54, 1.807) is 24.3 Å². The van der Waals surface area contributed by atoms with Gasteiger partial charge < -0.3 is 5.73 Å². The zero-order chi connectivity index (χ0) is 18.7. The summed E-state index contributed by atoms with van der Waals surface area (Å²) in [7, 11) is -3.50. The van der Waals surface area contributed by atoms with Crippen LogP contribution in [-0.2, 0) is 14.8 Å². The average Bonchev–Trinajstić information content (AvgIpc) is 3.16. The van der Waals surface area contributed by atoms with E-state index in [0.717, 1.165) is 12.8 Å². The number of carbonyl (C=O) groups excluding carboxylic acids is 1. The van der Waals surface area contributed by atoms with Gasteiger partial charge in [0, 0.05) is 19.2 Å². The van der Waals surface area contributed by atoms with Crippen LogP contribution in [0.15, 0.2) is 59.5 Å². The summed E-state index contributed by atoms with van der Waals surface area (Å²) in [6.45, 7) is 1.07. The highest BCUT2D eigenvalue weighted by atomic mass is 32.2. The van der Waals surface area contributed by atoms with Crippen LogP contribution in [0.5, 0.6) is 0 Å². The average molecular weight is 374 g/mol. The van der Waals surface area contributed by atoms with Crippen molar-refractivity contribution >= 4 is 21.5 Å². The monoisotopic (exact) mass is 374 g/mol. The number of sulfonamides is 1. The fraction of sp³-hybridized carbons (Fsp3) is 0.211. The van der Waals surface area contributed by atoms with Crippen LogP contribution in [0.25, 0.3) is 5.57 Å². The number of nitrogens with two attached hydrogens (primary N) is 1. The molecule has 1 aliphatic rings. The molecule has 0 spiro atoms. The lowest BCUT2D eigenvalue weighted by Crippen LogP contribution is -2.27. The maximum atomic E-state index is 13.2. The lowest BCUT2D eigenvalue weighted by Gasteiger charge is -2.16. The molecule has 1 aliphatic heterocycles. The molecular weight excluding hydrogens is 355 g/mol. The van der Waals surface area contributed by atoms with E-state index in [1.165, 1.54) is 34.6 Å². The number of hydrogen-bond donors (Lipinski definition) is 1. The van der Waals surface area contributed by atoms with E-state index in [2.05, 4.69) is 0 Å². The first kappa shape index (κ1) is 18.3. The van der Waals surface area contributed by atoms with Gasteiger partial charge in [-0.25, -0.2) is 12.8 Å². The van der Waals surface area contributed by atoms with Crippen LogP contribution < -0.4 is 5.73 Å². The predicted octanol–water partition coefficient (Wildman–Crippen LogP) is 2.53. The van der Waals surface area contributed by atoms with Crippen LogP contribution in [0, 0.1) is 5.82 Å². The van der Waals surface area contributed by atoms with Crippen LogP contribution in [0.2, 0.25) is 0 Å². The normalized spacial score (nSPS) is 16.0. The van der Waals surface area contributed by atoms with E-state index in [-0.39, 0.29) is 10.7 Å². The van der Waals surface area contributed by atoms with Gasteiger partial charge in [-0.2, -0.15) is 4.31 Å². The predicted molar refractivity (Wildman–Crippen MR) is 97.1 cm³/mol. The zero-order valence-corrected chi connectivity index (χ0v) is 14.9. The Bertz CT molecular complexity index is 930. The van der Waals surface area contributed by atoms with E-state index in [0.29, 0.717) is 29.8 Å². The minimum Gasteiger partial charge on any atom is -0.366 e. The minimum absolute atomic E-state index is 0.209. The summed E-state index contributed by atoms with van der Waals surface area (Å²) in [5.41, 5.74) is 7.02. The summed E-state index contributed by atoms with van der Waals surface area (Å²) in [5, 5.41) is 0. The number of amides is 1. The third-order valence-corrected chi connectivity index (χ3v) is 6.22. The number of halogens is 1. The van der Waals surface area contributed by atoms with Crippen molar-refractivity contribution in [2.24, 2.45) is 5.73 Å². The topological polar surface area (TPSA) is 80.5 Å². The Kier molecular flexibility index (Phi) is 5.20. The van der Waals surface area contributed by atoms with Gasteiger partial charge in [0.05, 0.1) is 4.90 Å². The van der Waals surface area contributed by atoms with Gasteiger partial charge in [-0.1, -0.05) is 24.3 Å². The highest BCUT2D eigenvalue weighted by Crippen LogP contribution is 2.26. The molecule has 1 heterocycles. The molecule has 0 radical (unpaired) electrons. The first-order chi connectivity index (χ1) is 12.4. The Morgan fingerprint density at radius 1 is 0.962 bits per heavy atom. The lowest BCUT2D eigenvalue weighted by atomic mass is 9.97. The maximum Gasteiger partial charge on any atom is 0.243 e. The second-order valence-electron chi connectivity index (χ2n) is 6.10. The van der Waals surface area contributed by atoms with Crippen LogP contribution in [0.4, 0.5) is 4.39 Å². The lowest BCUT2D eigenvalue weighted by molar-refractivity contribution is -0.113. The van der Waals surface area contributed by atoms with Crippen LogP contribution >= 0.6 is 0 Å². The van der Waals surface area contributed by atoms with Gasteiger partial charge in [0.25, 0.3) is 0 Å². The second-order valence-corrected chi connectivity index (χ2v) is 8.04. The standard InChI is InChI=1S/C19H19FN2O3S/c20-16-7-3-14(4-8-16)18(13-19(21)23)15-5-9-17(10-6-15)26(24,25)22-11-1-2-12-22/h3-10,13H,1-2,11-12H2,(H2,21,23). The summed E-state index contributed by atoms with van der Waals surface area (Å²) in [6, 6.07) is 11.9. The molecule has 7 heteroatoms. The van der Waals surface area contributed by atoms with Gasteiger partial charge in [-0.15, -0.1) is 0 Å². The van der Waals surface area contributed by atoms with Crippen molar-refractivity contribution in [2.45, 2.75) is 17.7 Å². The fourth-order valence-electron chi connectivity index (χ4n) is 2.99. The number of carbonyl (C=O) groups is 1. The number of nitrogens with zero attached hydrogens (tertiary/aromatic N) is 1. The van der Waals surface area contributed by atoms with Gasteiger partial charge in [-0.05, 0) is 53.8 Å². The van der Waals surface area contributed by atoms with Crippen molar-refractivity contribution in [1.82, 2.24) is 4.31 Å². The third-order valence-electron chi connectivity index (χ3n) is 4.31. The van der Waals surface area contributed by atoms with E-state index in [1.807, 2.05) is 0 Å². The Morgan fingerprint density at radius 2 is 1.46 bits per heavy atom. The number of hydrogen-bond acceptors (Lipinski definition) is 3. The molecule has 26 heavy (non-hydrogen) atoms. The minimum atomic E-state index is -3.50. The molecule has 1 fully saturated rings. The summed E-state index contributed by atoms with van der Waals surface area (Å²) in [4.78, 5) is 11.6. The van der Waals surface area contributed by atoms with E-state index in [4.69, 9.17) is 5.73 Å². The third kappa shape index (κ3) is 3.84. The summed E-state index contributed by atoms with van der Waals surface area (Å²) >= 11 is 0. The number of rotatable bonds is 5.